The predicted octanol–water partition coefficient (Wildman–Crippen LogP) is 0.878. The molecular weight excluding hydrogens is 740 g/mol. The van der Waals surface area contributed by atoms with Crippen LogP contribution < -0.4 is 21.3 Å². The van der Waals surface area contributed by atoms with Gasteiger partial charge in [-0.25, -0.2) is 4.79 Å². The van der Waals surface area contributed by atoms with Crippen LogP contribution in [0.5, 0.6) is 0 Å². The topological polar surface area (TPSA) is 255 Å². The van der Waals surface area contributed by atoms with Gasteiger partial charge in [0.15, 0.2) is 0 Å². The Morgan fingerprint density at radius 3 is 2.26 bits per heavy atom. The van der Waals surface area contributed by atoms with Crippen molar-refractivity contribution in [2.45, 2.75) is 128 Å². The minimum Gasteiger partial charge on any atom is -0.508 e. The molecule has 3 rings (SSSR count). The third-order valence-electron chi connectivity index (χ3n) is 10.7. The lowest BCUT2D eigenvalue weighted by atomic mass is 9.79. The third kappa shape index (κ3) is 13.0. The van der Waals surface area contributed by atoms with Gasteiger partial charge in [0.2, 0.25) is 35.4 Å². The highest BCUT2D eigenvalue weighted by Gasteiger charge is 2.39. The van der Waals surface area contributed by atoms with Crippen LogP contribution in [0.1, 0.15) is 91.4 Å². The number of unbranched alkanes of at least 4 members (excludes halogenated alkanes) is 6. The molecule has 0 saturated carbocycles. The van der Waals surface area contributed by atoms with E-state index in [0.29, 0.717) is 23.1 Å². The number of hydrogen-bond acceptors (Lipinski definition) is 10. The highest BCUT2D eigenvalue weighted by atomic mass is 16.4. The summed E-state index contributed by atoms with van der Waals surface area (Å²) in [5.74, 6) is -6.41. The number of rotatable bonds is 17. The Labute approximate surface area is 333 Å². The summed E-state index contributed by atoms with van der Waals surface area (Å²) in [5.41, 5.74) is 1.12. The van der Waals surface area contributed by atoms with Crippen molar-refractivity contribution in [1.29, 1.82) is 0 Å². The first kappa shape index (κ1) is 46.4. The summed E-state index contributed by atoms with van der Waals surface area (Å²) >= 11 is 0. The molecule has 0 aromatic carbocycles. The summed E-state index contributed by atoms with van der Waals surface area (Å²) < 4.78 is 0. The highest BCUT2D eigenvalue weighted by Crippen LogP contribution is 2.36. The van der Waals surface area contributed by atoms with E-state index in [1.807, 2.05) is 0 Å². The van der Waals surface area contributed by atoms with Gasteiger partial charge in [0.05, 0.1) is 19.3 Å². The highest BCUT2D eigenvalue weighted by molar-refractivity contribution is 5.96. The zero-order valence-electron chi connectivity index (χ0n) is 33.6. The van der Waals surface area contributed by atoms with Crippen molar-refractivity contribution in [3.63, 3.8) is 0 Å². The van der Waals surface area contributed by atoms with E-state index in [2.05, 4.69) is 28.2 Å². The molecule has 0 radical (unpaired) electrons. The molecule has 2 aliphatic carbocycles. The average molecular weight is 801 g/mol. The fraction of sp³-hybridized carbons (Fsp3) is 0.625. The number of amides is 6. The van der Waals surface area contributed by atoms with Crippen LogP contribution in [0.4, 0.5) is 0 Å². The monoisotopic (exact) mass is 800 g/mol. The van der Waals surface area contributed by atoms with Crippen molar-refractivity contribution < 1.29 is 54.0 Å². The quantitative estimate of drug-likeness (QED) is 0.0959. The summed E-state index contributed by atoms with van der Waals surface area (Å²) in [5, 5.41) is 51.5. The number of likely N-dealkylation sites (N-methyl/N-ethyl adjacent to an activating group) is 2. The smallest absolute Gasteiger partial charge is 0.326 e. The van der Waals surface area contributed by atoms with Crippen molar-refractivity contribution in [2.24, 2.45) is 5.92 Å². The van der Waals surface area contributed by atoms with E-state index in [0.717, 1.165) is 41.9 Å². The fourth-order valence-electron chi connectivity index (χ4n) is 7.07. The van der Waals surface area contributed by atoms with Crippen LogP contribution in [-0.4, -0.2) is 135 Å². The predicted molar refractivity (Wildman–Crippen MR) is 209 cm³/mol. The molecule has 0 unspecified atom stereocenters. The van der Waals surface area contributed by atoms with E-state index < -0.39 is 90.9 Å². The second-order valence-electron chi connectivity index (χ2n) is 15.0. The van der Waals surface area contributed by atoms with E-state index in [9.17, 15) is 54.0 Å². The number of carboxylic acid groups (broad SMARTS) is 1. The Morgan fingerprint density at radius 2 is 1.61 bits per heavy atom. The van der Waals surface area contributed by atoms with E-state index in [1.165, 1.54) is 46.5 Å². The molecule has 316 valence electrons. The summed E-state index contributed by atoms with van der Waals surface area (Å²) in [4.78, 5) is 93.7. The fourth-order valence-corrected chi connectivity index (χ4v) is 7.07. The Morgan fingerprint density at radius 1 is 0.947 bits per heavy atom. The number of hydrogen-bond donors (Lipinski definition) is 8. The first-order valence-corrected chi connectivity index (χ1v) is 19.7. The largest absolute Gasteiger partial charge is 0.508 e. The molecule has 4 bridgehead atoms. The van der Waals surface area contributed by atoms with Gasteiger partial charge in [-0.2, -0.15) is 0 Å². The Bertz CT molecular complexity index is 1640. The molecule has 0 aromatic rings. The maximum Gasteiger partial charge on any atom is 0.326 e. The molecule has 0 fully saturated rings. The molecular formula is C40H60N6O11. The van der Waals surface area contributed by atoms with Crippen molar-refractivity contribution in [3.8, 4) is 0 Å². The lowest BCUT2D eigenvalue weighted by Crippen LogP contribution is -2.58. The van der Waals surface area contributed by atoms with Crippen LogP contribution in [0, 0.1) is 5.92 Å². The maximum absolute atomic E-state index is 13.9. The van der Waals surface area contributed by atoms with Gasteiger partial charge in [-0.3, -0.25) is 28.8 Å². The maximum atomic E-state index is 13.9. The average Bonchev–Trinajstić information content (AvgIpc) is 3.17. The Balaban J connectivity index is 1.70. The zero-order chi connectivity index (χ0) is 42.4. The van der Waals surface area contributed by atoms with Crippen LogP contribution >= 0.6 is 0 Å². The molecule has 3 aliphatic rings. The lowest BCUT2D eigenvalue weighted by molar-refractivity contribution is -0.143. The van der Waals surface area contributed by atoms with Crippen LogP contribution in [0.2, 0.25) is 0 Å². The molecule has 7 atom stereocenters. The standard InChI is InChI=1S/C40H60N6O11/c1-6-7-8-9-10-11-12-13-33(50)45(4)30(22-47)38(54)42-23(2)36(52)41-21-34(51)46(5)35-26-15-17-32(49)28(20-26)27-18-25(14-16-31(27)48)19-29(40(56)57)44-37(53)24(3)43-39(35)55/h14-15,17-18,23-24,26,29-31,35,47-49H,6-13,16,19-22H2,1-5H3,(H,41,52)(H,42,54)(H,43,55)(H,44,53)(H,56,57)/t23-,24+,26+,29+,30-,31+,35+/m1/s1. The van der Waals surface area contributed by atoms with Crippen molar-refractivity contribution in [3.05, 3.63) is 46.8 Å². The van der Waals surface area contributed by atoms with Gasteiger partial charge in [-0.05, 0) is 50.3 Å². The van der Waals surface area contributed by atoms with E-state index in [-0.39, 0.29) is 37.3 Å². The number of aliphatic hydroxyl groups excluding tert-OH is 3. The number of allylic oxidation sites excluding steroid dienone is 2. The molecule has 0 aromatic heterocycles. The molecule has 17 nitrogen and oxygen atoms in total. The van der Waals surface area contributed by atoms with Crippen LogP contribution in [0.3, 0.4) is 0 Å². The number of aliphatic hydroxyl groups is 3. The minimum absolute atomic E-state index is 0.0193. The van der Waals surface area contributed by atoms with Gasteiger partial charge in [0.25, 0.3) is 0 Å². The SMILES string of the molecule is CCCCCCCCCC(=O)N(C)[C@H](CO)C(=O)N[C@H](C)C(=O)NCC(=O)N(C)[C@@H]1C(=O)N[C@@H](C)C(=O)N[C@H](C(=O)O)CC2=CC[C@H](O)C(=C2)C2=C(O)C=C[C@H]1C2. The van der Waals surface area contributed by atoms with Crippen molar-refractivity contribution >= 4 is 41.4 Å². The molecule has 1 aliphatic heterocycles. The summed E-state index contributed by atoms with van der Waals surface area (Å²) in [6.45, 7) is 3.58. The second-order valence-corrected chi connectivity index (χ2v) is 15.0. The van der Waals surface area contributed by atoms with Gasteiger partial charge in [0, 0.05) is 38.4 Å². The van der Waals surface area contributed by atoms with Gasteiger partial charge in [-0.15, -0.1) is 0 Å². The summed E-state index contributed by atoms with van der Waals surface area (Å²) in [7, 11) is 2.74. The number of carbonyl (C=O) groups excluding carboxylic acids is 6. The summed E-state index contributed by atoms with van der Waals surface area (Å²) in [6, 6.07) is -6.33. The van der Waals surface area contributed by atoms with E-state index >= 15 is 0 Å². The first-order valence-electron chi connectivity index (χ1n) is 19.7. The van der Waals surface area contributed by atoms with Gasteiger partial charge >= 0.3 is 5.97 Å². The minimum atomic E-state index is -1.37. The normalized spacial score (nSPS) is 23.4. The molecule has 6 amide bonds. The number of carboxylic acids is 1. The number of fused-ring (bicyclic) bond motifs is 4. The number of nitrogens with zero attached hydrogens (tertiary/aromatic N) is 2. The van der Waals surface area contributed by atoms with Crippen molar-refractivity contribution in [1.82, 2.24) is 31.1 Å². The first-order chi connectivity index (χ1) is 27.0. The van der Waals surface area contributed by atoms with Gasteiger partial charge in [-0.1, -0.05) is 63.7 Å². The van der Waals surface area contributed by atoms with E-state index in [4.69, 9.17) is 0 Å². The zero-order valence-corrected chi connectivity index (χ0v) is 33.6. The van der Waals surface area contributed by atoms with Gasteiger partial charge in [0.1, 0.15) is 36.0 Å². The molecule has 17 heteroatoms. The van der Waals surface area contributed by atoms with E-state index in [1.54, 1.807) is 12.2 Å². The molecule has 0 spiro atoms. The van der Waals surface area contributed by atoms with Crippen molar-refractivity contribution in [2.75, 3.05) is 27.2 Å². The molecule has 57 heavy (non-hydrogen) atoms. The van der Waals surface area contributed by atoms with Crippen LogP contribution in [0.15, 0.2) is 46.8 Å². The van der Waals surface area contributed by atoms with Crippen LogP contribution in [-0.2, 0) is 33.6 Å². The number of aliphatic carboxylic acids is 1. The van der Waals surface area contributed by atoms with Crippen LogP contribution in [0.25, 0.3) is 0 Å². The Hall–Kier alpha value is -5.03. The summed E-state index contributed by atoms with van der Waals surface area (Å²) in [6.07, 6.45) is 12.3. The molecule has 0 saturated heterocycles. The second kappa shape index (κ2) is 22.1. The molecule has 8 N–H and O–H groups in total. The number of nitrogens with one attached hydrogen (secondary N) is 4. The Kier molecular flexibility index (Phi) is 17.9. The number of carbonyl (C=O) groups is 7. The lowest BCUT2D eigenvalue weighted by Gasteiger charge is -2.36. The third-order valence-corrected chi connectivity index (χ3v) is 10.7. The van der Waals surface area contributed by atoms with Gasteiger partial charge < -0.3 is 51.5 Å². The molecule has 1 heterocycles.